The first-order valence-corrected chi connectivity index (χ1v) is 5.12. The summed E-state index contributed by atoms with van der Waals surface area (Å²) in [6.45, 7) is 1.59. The standard InChI is InChI=1S/C9H12N4O3/c1-8(10)4-9(14)6(13(8)15)3-2-5-7(9)12-16-11-5/h14H,2-4,10H2,1H3/t8-,9+/m1/s1. The van der Waals surface area contributed by atoms with E-state index in [1.165, 1.54) is 0 Å². The fraction of sp³-hybridized carbons (Fsp3) is 0.667. The van der Waals surface area contributed by atoms with E-state index in [1.807, 2.05) is 0 Å². The number of rotatable bonds is 0. The molecule has 0 unspecified atom stereocenters. The van der Waals surface area contributed by atoms with Gasteiger partial charge in [-0.1, -0.05) is 10.3 Å². The van der Waals surface area contributed by atoms with Gasteiger partial charge in [0.25, 0.3) is 0 Å². The van der Waals surface area contributed by atoms with Crippen molar-refractivity contribution in [3.05, 3.63) is 16.6 Å². The second kappa shape index (κ2) is 2.61. The van der Waals surface area contributed by atoms with Gasteiger partial charge in [0.15, 0.2) is 5.69 Å². The monoisotopic (exact) mass is 224 g/mol. The van der Waals surface area contributed by atoms with Crippen molar-refractivity contribution in [2.24, 2.45) is 5.73 Å². The minimum atomic E-state index is -1.40. The van der Waals surface area contributed by atoms with E-state index in [1.54, 1.807) is 6.92 Å². The number of aromatic nitrogens is 2. The number of nitrogens with two attached hydrogens (primary N) is 1. The van der Waals surface area contributed by atoms with Crippen LogP contribution in [0.1, 0.15) is 31.2 Å². The lowest BCUT2D eigenvalue weighted by atomic mass is 9.81. The topological polar surface area (TPSA) is 111 Å². The molecule has 2 aliphatic rings. The average molecular weight is 224 g/mol. The maximum atomic E-state index is 11.9. The van der Waals surface area contributed by atoms with Crippen LogP contribution in [0.5, 0.6) is 0 Å². The Kier molecular flexibility index (Phi) is 1.59. The van der Waals surface area contributed by atoms with Gasteiger partial charge in [0, 0.05) is 19.8 Å². The Morgan fingerprint density at radius 3 is 3.00 bits per heavy atom. The van der Waals surface area contributed by atoms with Gasteiger partial charge in [-0.2, -0.15) is 4.74 Å². The number of hydrogen-bond acceptors (Lipinski definition) is 6. The van der Waals surface area contributed by atoms with Gasteiger partial charge >= 0.3 is 0 Å². The van der Waals surface area contributed by atoms with Crippen LogP contribution in [0.2, 0.25) is 0 Å². The minimum absolute atomic E-state index is 0.111. The van der Waals surface area contributed by atoms with E-state index in [9.17, 15) is 10.3 Å². The van der Waals surface area contributed by atoms with Crippen LogP contribution in [0.3, 0.4) is 0 Å². The fourth-order valence-electron chi connectivity index (χ4n) is 2.62. The van der Waals surface area contributed by atoms with Crippen LogP contribution in [-0.4, -0.2) is 31.5 Å². The molecule has 0 radical (unpaired) electrons. The SMILES string of the molecule is C[C@]1(N)C[C@]2(O)C(=[N+]1[O-])CCc1nonc12. The molecule has 1 aromatic heterocycles. The molecule has 16 heavy (non-hydrogen) atoms. The molecule has 86 valence electrons. The van der Waals surface area contributed by atoms with Crippen molar-refractivity contribution in [3.8, 4) is 0 Å². The summed E-state index contributed by atoms with van der Waals surface area (Å²) >= 11 is 0. The molecule has 0 saturated carbocycles. The van der Waals surface area contributed by atoms with Crippen molar-refractivity contribution in [3.63, 3.8) is 0 Å². The van der Waals surface area contributed by atoms with E-state index in [2.05, 4.69) is 14.9 Å². The maximum Gasteiger partial charge on any atom is 0.225 e. The van der Waals surface area contributed by atoms with Crippen LogP contribution < -0.4 is 5.73 Å². The fourth-order valence-corrected chi connectivity index (χ4v) is 2.62. The van der Waals surface area contributed by atoms with E-state index in [0.717, 1.165) is 0 Å². The lowest BCUT2D eigenvalue weighted by Gasteiger charge is -2.22. The van der Waals surface area contributed by atoms with Gasteiger partial charge in [0.05, 0.1) is 6.42 Å². The van der Waals surface area contributed by atoms with Crippen molar-refractivity contribution < 1.29 is 14.5 Å². The minimum Gasteiger partial charge on any atom is -0.622 e. The highest BCUT2D eigenvalue weighted by Gasteiger charge is 2.60. The van der Waals surface area contributed by atoms with Gasteiger partial charge in [0.1, 0.15) is 5.69 Å². The number of aryl methyl sites for hydroxylation is 1. The highest BCUT2D eigenvalue weighted by molar-refractivity contribution is 5.92. The Balaban J connectivity index is 2.22. The predicted octanol–water partition coefficient (Wildman–Crippen LogP) is -0.767. The largest absolute Gasteiger partial charge is 0.622 e. The third kappa shape index (κ3) is 0.966. The molecule has 2 heterocycles. The summed E-state index contributed by atoms with van der Waals surface area (Å²) in [7, 11) is 0. The number of fused-ring (bicyclic) bond motifs is 3. The lowest BCUT2D eigenvalue weighted by molar-refractivity contribution is -0.536. The Morgan fingerprint density at radius 1 is 1.50 bits per heavy atom. The summed E-state index contributed by atoms with van der Waals surface area (Å²) in [5, 5.41) is 29.9. The van der Waals surface area contributed by atoms with Crippen molar-refractivity contribution in [2.75, 3.05) is 0 Å². The van der Waals surface area contributed by atoms with E-state index in [0.29, 0.717) is 34.7 Å². The molecular formula is C9H12N4O3. The number of aliphatic hydroxyl groups is 1. The molecule has 7 heteroatoms. The first-order chi connectivity index (χ1) is 7.45. The molecule has 1 aliphatic heterocycles. The second-order valence-corrected chi connectivity index (χ2v) is 4.69. The molecule has 3 rings (SSSR count). The third-order valence-corrected chi connectivity index (χ3v) is 3.35. The summed E-state index contributed by atoms with van der Waals surface area (Å²) in [5.41, 5.74) is 4.64. The van der Waals surface area contributed by atoms with Crippen LogP contribution in [0, 0.1) is 5.21 Å². The molecule has 7 nitrogen and oxygen atoms in total. The van der Waals surface area contributed by atoms with Crippen LogP contribution in [0.15, 0.2) is 4.63 Å². The van der Waals surface area contributed by atoms with Crippen LogP contribution in [0.25, 0.3) is 0 Å². The van der Waals surface area contributed by atoms with Crippen molar-refractivity contribution in [2.45, 2.75) is 37.5 Å². The van der Waals surface area contributed by atoms with Crippen LogP contribution >= 0.6 is 0 Å². The van der Waals surface area contributed by atoms with Crippen LogP contribution in [0.4, 0.5) is 0 Å². The third-order valence-electron chi connectivity index (χ3n) is 3.35. The second-order valence-electron chi connectivity index (χ2n) is 4.69. The lowest BCUT2D eigenvalue weighted by Crippen LogP contribution is -2.43. The normalized spacial score (nSPS) is 37.4. The Hall–Kier alpha value is -1.47. The van der Waals surface area contributed by atoms with Crippen molar-refractivity contribution >= 4 is 5.71 Å². The Bertz CT molecular complexity index is 493. The number of nitrogens with zero attached hydrogens (tertiary/aromatic N) is 3. The van der Waals surface area contributed by atoms with Crippen molar-refractivity contribution in [1.82, 2.24) is 10.3 Å². The van der Waals surface area contributed by atoms with E-state index >= 15 is 0 Å². The van der Waals surface area contributed by atoms with Gasteiger partial charge in [-0.25, -0.2) is 4.63 Å². The van der Waals surface area contributed by atoms with E-state index < -0.39 is 11.3 Å². The summed E-state index contributed by atoms with van der Waals surface area (Å²) in [4.78, 5) is 0. The van der Waals surface area contributed by atoms with E-state index in [4.69, 9.17) is 5.73 Å². The highest BCUT2D eigenvalue weighted by Crippen LogP contribution is 2.41. The van der Waals surface area contributed by atoms with Gasteiger partial charge in [0.2, 0.25) is 17.0 Å². The molecule has 0 bridgehead atoms. The molecular weight excluding hydrogens is 212 g/mol. The molecule has 1 aromatic rings. The zero-order valence-corrected chi connectivity index (χ0v) is 8.80. The van der Waals surface area contributed by atoms with E-state index in [-0.39, 0.29) is 6.42 Å². The zero-order valence-electron chi connectivity index (χ0n) is 8.80. The summed E-state index contributed by atoms with van der Waals surface area (Å²) < 4.78 is 5.31. The quantitative estimate of drug-likeness (QED) is 0.442. The summed E-state index contributed by atoms with van der Waals surface area (Å²) in [5.74, 6) is 0. The Labute approximate surface area is 91.1 Å². The van der Waals surface area contributed by atoms with Gasteiger partial charge in [-0.3, -0.25) is 5.73 Å². The summed E-state index contributed by atoms with van der Waals surface area (Å²) in [6.07, 6.45) is 1.10. The first-order valence-electron chi connectivity index (χ1n) is 5.12. The smallest absolute Gasteiger partial charge is 0.225 e. The van der Waals surface area contributed by atoms with Gasteiger partial charge in [-0.15, -0.1) is 0 Å². The highest BCUT2D eigenvalue weighted by atomic mass is 16.6. The number of hydroxylamine groups is 1. The predicted molar refractivity (Wildman–Crippen MR) is 52.4 cm³/mol. The molecule has 0 fully saturated rings. The molecule has 0 saturated heterocycles. The molecule has 0 amide bonds. The molecule has 0 aromatic carbocycles. The van der Waals surface area contributed by atoms with Crippen molar-refractivity contribution in [1.29, 1.82) is 0 Å². The van der Waals surface area contributed by atoms with Gasteiger partial charge < -0.3 is 10.3 Å². The Morgan fingerprint density at radius 2 is 2.25 bits per heavy atom. The van der Waals surface area contributed by atoms with Crippen LogP contribution in [-0.2, 0) is 12.0 Å². The zero-order chi connectivity index (χ0) is 11.6. The molecule has 3 N–H and O–H groups in total. The molecule has 2 atom stereocenters. The average Bonchev–Trinajstić information content (AvgIpc) is 2.70. The molecule has 0 spiro atoms. The maximum absolute atomic E-state index is 11.9. The first kappa shape index (κ1) is 9.73. The molecule has 1 aliphatic carbocycles. The van der Waals surface area contributed by atoms with Gasteiger partial charge in [-0.05, 0) is 0 Å². The summed E-state index contributed by atoms with van der Waals surface area (Å²) in [6, 6.07) is 0. The number of hydrogen-bond donors (Lipinski definition) is 2.